The van der Waals surface area contributed by atoms with E-state index in [0.717, 1.165) is 11.0 Å². The predicted octanol–water partition coefficient (Wildman–Crippen LogP) is 3.36. The fourth-order valence-electron chi connectivity index (χ4n) is 3.74. The van der Waals surface area contributed by atoms with Gasteiger partial charge in [0.25, 0.3) is 11.6 Å². The molecule has 10 nitrogen and oxygen atoms in total. The van der Waals surface area contributed by atoms with Crippen molar-refractivity contribution in [3.63, 3.8) is 0 Å². The molecule has 34 heavy (non-hydrogen) atoms. The largest absolute Gasteiger partial charge is 0.490 e. The van der Waals surface area contributed by atoms with Crippen LogP contribution in [0.15, 0.2) is 41.3 Å². The zero-order chi connectivity index (χ0) is 24.6. The molecule has 1 aliphatic rings. The number of anilines is 1. The Bertz CT molecular complexity index is 1360. The van der Waals surface area contributed by atoms with E-state index in [1.807, 2.05) is 18.7 Å². The van der Waals surface area contributed by atoms with Gasteiger partial charge in [0.05, 0.1) is 26.2 Å². The molecule has 0 aliphatic carbocycles. The van der Waals surface area contributed by atoms with Crippen LogP contribution in [0.2, 0.25) is 0 Å². The number of carbonyl (C=O) groups excluding carboxylic acids is 1. The fourth-order valence-corrected chi connectivity index (χ4v) is 5.43. The summed E-state index contributed by atoms with van der Waals surface area (Å²) in [4.78, 5) is 32.4. The smallest absolute Gasteiger partial charge is 0.296 e. The van der Waals surface area contributed by atoms with Gasteiger partial charge in [-0.05, 0) is 38.1 Å². The highest BCUT2D eigenvalue weighted by molar-refractivity contribution is 7.90. The van der Waals surface area contributed by atoms with Gasteiger partial charge < -0.3 is 14.5 Å². The van der Waals surface area contributed by atoms with Crippen LogP contribution in [0.3, 0.4) is 0 Å². The number of hydrogen-bond acceptors (Lipinski definition) is 9. The summed E-state index contributed by atoms with van der Waals surface area (Å²) < 4.78 is 30.6. The third-order valence-electron chi connectivity index (χ3n) is 5.39. The fraction of sp³-hybridized carbons (Fsp3) is 0.364. The molecule has 1 amide bonds. The Morgan fingerprint density at radius 1 is 1.18 bits per heavy atom. The number of non-ortho nitro benzene ring substituents is 1. The van der Waals surface area contributed by atoms with Crippen molar-refractivity contribution < 1.29 is 22.9 Å². The van der Waals surface area contributed by atoms with Gasteiger partial charge >= 0.3 is 0 Å². The minimum Gasteiger partial charge on any atom is -0.490 e. The highest BCUT2D eigenvalue weighted by atomic mass is 32.2. The molecular weight excluding hydrogens is 480 g/mol. The Kier molecular flexibility index (Phi) is 6.45. The molecule has 2 heterocycles. The van der Waals surface area contributed by atoms with E-state index in [4.69, 9.17) is 4.74 Å². The van der Waals surface area contributed by atoms with Gasteiger partial charge in [-0.15, -0.1) is 0 Å². The van der Waals surface area contributed by atoms with Gasteiger partial charge in [0.1, 0.15) is 5.75 Å². The second-order valence-corrected chi connectivity index (χ2v) is 11.3. The molecule has 0 radical (unpaired) electrons. The molecule has 0 N–H and O–H groups in total. The van der Waals surface area contributed by atoms with Crippen LogP contribution >= 0.6 is 11.3 Å². The molecule has 0 saturated carbocycles. The number of nitrogens with zero attached hydrogens (tertiary/aromatic N) is 4. The third kappa shape index (κ3) is 4.82. The van der Waals surface area contributed by atoms with Crippen molar-refractivity contribution in [3.05, 3.63) is 52.1 Å². The number of sulfone groups is 1. The lowest BCUT2D eigenvalue weighted by Crippen LogP contribution is -2.48. The number of fused-ring (bicyclic) bond motifs is 1. The second-order valence-electron chi connectivity index (χ2n) is 8.25. The van der Waals surface area contributed by atoms with Gasteiger partial charge in [0, 0.05) is 38.5 Å². The first-order valence-corrected chi connectivity index (χ1v) is 13.3. The zero-order valence-electron chi connectivity index (χ0n) is 18.9. The molecule has 180 valence electrons. The number of para-hydroxylation sites is 1. The maximum Gasteiger partial charge on any atom is 0.296 e. The number of ether oxygens (including phenoxy) is 1. The average Bonchev–Trinajstić information content (AvgIpc) is 3.22. The summed E-state index contributed by atoms with van der Waals surface area (Å²) in [5, 5.41) is 12.0. The quantitative estimate of drug-likeness (QED) is 0.370. The number of benzene rings is 2. The Hall–Kier alpha value is -3.25. The van der Waals surface area contributed by atoms with Gasteiger partial charge in [-0.1, -0.05) is 17.4 Å². The maximum atomic E-state index is 13.3. The molecule has 1 aliphatic heterocycles. The van der Waals surface area contributed by atoms with E-state index < -0.39 is 14.8 Å². The van der Waals surface area contributed by atoms with Crippen molar-refractivity contribution in [1.29, 1.82) is 0 Å². The van der Waals surface area contributed by atoms with Crippen LogP contribution in [0.1, 0.15) is 24.2 Å². The number of nitro groups is 1. The number of aromatic nitrogens is 1. The minimum absolute atomic E-state index is 0.0303. The maximum absolute atomic E-state index is 13.3. The molecule has 1 aromatic heterocycles. The predicted molar refractivity (Wildman–Crippen MR) is 130 cm³/mol. The molecule has 3 aromatic rings. The zero-order valence-corrected chi connectivity index (χ0v) is 20.6. The van der Waals surface area contributed by atoms with Gasteiger partial charge in [-0.2, -0.15) is 0 Å². The van der Waals surface area contributed by atoms with E-state index in [1.54, 1.807) is 17.0 Å². The standard InChI is InChI=1S/C22H24N4O6S2/c1-14(2)32-18-8-7-15(34(3,30)31)13-16(18)21(27)24-9-11-25(12-10-24)22-23-20-17(26(28)29)5-4-6-19(20)33-22/h4-8,13-14H,9-12H2,1-3H3. The number of hydrogen-bond donors (Lipinski definition) is 0. The molecule has 0 spiro atoms. The van der Waals surface area contributed by atoms with Crippen LogP contribution in [-0.4, -0.2) is 67.7 Å². The van der Waals surface area contributed by atoms with Crippen molar-refractivity contribution in [3.8, 4) is 5.75 Å². The van der Waals surface area contributed by atoms with E-state index in [-0.39, 0.29) is 28.2 Å². The van der Waals surface area contributed by atoms with Crippen molar-refractivity contribution in [1.82, 2.24) is 9.88 Å². The number of carbonyl (C=O) groups is 1. The molecule has 4 rings (SSSR count). The Labute approximate surface area is 200 Å². The van der Waals surface area contributed by atoms with Crippen molar-refractivity contribution in [2.75, 3.05) is 37.3 Å². The molecule has 1 fully saturated rings. The van der Waals surface area contributed by atoms with Crippen LogP contribution in [0.25, 0.3) is 10.2 Å². The molecule has 2 aromatic carbocycles. The Balaban J connectivity index is 1.55. The van der Waals surface area contributed by atoms with Crippen molar-refractivity contribution in [2.45, 2.75) is 24.8 Å². The van der Waals surface area contributed by atoms with Gasteiger partial charge in [-0.25, -0.2) is 13.4 Å². The van der Waals surface area contributed by atoms with E-state index in [1.165, 1.54) is 35.6 Å². The van der Waals surface area contributed by atoms with Gasteiger partial charge in [-0.3, -0.25) is 14.9 Å². The molecule has 0 bridgehead atoms. The first-order chi connectivity index (χ1) is 16.0. The number of nitro benzene ring substituents is 1. The molecule has 12 heteroatoms. The summed E-state index contributed by atoms with van der Waals surface area (Å²) in [6, 6.07) is 9.20. The minimum atomic E-state index is -3.49. The highest BCUT2D eigenvalue weighted by Gasteiger charge is 2.28. The van der Waals surface area contributed by atoms with E-state index >= 15 is 0 Å². The monoisotopic (exact) mass is 504 g/mol. The first kappa shape index (κ1) is 23.9. The lowest BCUT2D eigenvalue weighted by molar-refractivity contribution is -0.383. The van der Waals surface area contributed by atoms with Gasteiger partial charge in [0.15, 0.2) is 20.5 Å². The van der Waals surface area contributed by atoms with Crippen LogP contribution in [0, 0.1) is 10.1 Å². The summed E-state index contributed by atoms with van der Waals surface area (Å²) in [6.45, 7) is 5.43. The lowest BCUT2D eigenvalue weighted by Gasteiger charge is -2.35. The first-order valence-electron chi connectivity index (χ1n) is 10.6. The summed E-state index contributed by atoms with van der Waals surface area (Å²) in [5.41, 5.74) is 0.539. The summed E-state index contributed by atoms with van der Waals surface area (Å²) in [6.07, 6.45) is 0.913. The second kappa shape index (κ2) is 9.18. The van der Waals surface area contributed by atoms with Crippen LogP contribution < -0.4 is 9.64 Å². The molecule has 1 saturated heterocycles. The van der Waals surface area contributed by atoms with E-state index in [9.17, 15) is 23.3 Å². The highest BCUT2D eigenvalue weighted by Crippen LogP contribution is 2.34. The number of piperazine rings is 1. The van der Waals surface area contributed by atoms with E-state index in [0.29, 0.717) is 42.6 Å². The lowest BCUT2D eigenvalue weighted by atomic mass is 10.1. The Morgan fingerprint density at radius 3 is 2.50 bits per heavy atom. The van der Waals surface area contributed by atoms with Crippen molar-refractivity contribution in [2.24, 2.45) is 0 Å². The van der Waals surface area contributed by atoms with Crippen LogP contribution in [-0.2, 0) is 9.84 Å². The third-order valence-corrected chi connectivity index (χ3v) is 7.58. The topological polar surface area (TPSA) is 123 Å². The molecular formula is C22H24N4O6S2. The normalized spacial score (nSPS) is 14.6. The summed E-state index contributed by atoms with van der Waals surface area (Å²) in [7, 11) is -3.49. The SMILES string of the molecule is CC(C)Oc1ccc(S(C)(=O)=O)cc1C(=O)N1CCN(c2nc3c([N+](=O)[O-])cccc3s2)CC1. The molecule has 0 unspecified atom stereocenters. The Morgan fingerprint density at radius 2 is 1.88 bits per heavy atom. The summed E-state index contributed by atoms with van der Waals surface area (Å²) >= 11 is 1.38. The van der Waals surface area contributed by atoms with Crippen LogP contribution in [0.4, 0.5) is 10.8 Å². The summed E-state index contributed by atoms with van der Waals surface area (Å²) in [5.74, 6) is 0.0362. The number of thiazole rings is 1. The average molecular weight is 505 g/mol. The van der Waals surface area contributed by atoms with Gasteiger partial charge in [0.2, 0.25) is 0 Å². The number of rotatable bonds is 6. The van der Waals surface area contributed by atoms with Crippen molar-refractivity contribution >= 4 is 48.1 Å². The van der Waals surface area contributed by atoms with Crippen LogP contribution in [0.5, 0.6) is 5.75 Å². The van der Waals surface area contributed by atoms with E-state index in [2.05, 4.69) is 4.98 Å². The number of amides is 1. The molecule has 0 atom stereocenters.